The maximum Gasteiger partial charge on any atom is 0.251 e. The Labute approximate surface area is 100 Å². The Kier molecular flexibility index (Phi) is 4.51. The van der Waals surface area contributed by atoms with E-state index in [2.05, 4.69) is 10.5 Å². The van der Waals surface area contributed by atoms with Crippen molar-refractivity contribution in [2.45, 2.75) is 20.3 Å². The van der Waals surface area contributed by atoms with Crippen molar-refractivity contribution in [3.8, 4) is 0 Å². The van der Waals surface area contributed by atoms with Crippen LogP contribution in [0.4, 0.5) is 0 Å². The number of hydrogen-bond acceptors (Lipinski definition) is 3. The number of oxime groups is 1. The molecule has 0 aromatic heterocycles. The SMILES string of the molecule is Cc1cccc(C(=O)NCCC(N)=NO)c1C. The summed E-state index contributed by atoms with van der Waals surface area (Å²) in [6.45, 7) is 4.22. The van der Waals surface area contributed by atoms with Gasteiger partial charge in [0.2, 0.25) is 0 Å². The van der Waals surface area contributed by atoms with E-state index in [9.17, 15) is 4.79 Å². The normalized spacial score (nSPS) is 11.3. The Morgan fingerprint density at radius 3 is 2.82 bits per heavy atom. The summed E-state index contributed by atoms with van der Waals surface area (Å²) in [7, 11) is 0. The minimum atomic E-state index is -0.142. The van der Waals surface area contributed by atoms with Crippen molar-refractivity contribution in [1.29, 1.82) is 0 Å². The van der Waals surface area contributed by atoms with Crippen LogP contribution in [-0.4, -0.2) is 23.5 Å². The first-order valence-corrected chi connectivity index (χ1v) is 5.37. The van der Waals surface area contributed by atoms with Crippen molar-refractivity contribution >= 4 is 11.7 Å². The van der Waals surface area contributed by atoms with Crippen LogP contribution in [0.25, 0.3) is 0 Å². The Morgan fingerprint density at radius 1 is 1.47 bits per heavy atom. The van der Waals surface area contributed by atoms with Crippen molar-refractivity contribution in [3.63, 3.8) is 0 Å². The van der Waals surface area contributed by atoms with E-state index in [-0.39, 0.29) is 11.7 Å². The van der Waals surface area contributed by atoms with E-state index in [1.807, 2.05) is 26.0 Å². The summed E-state index contributed by atoms with van der Waals surface area (Å²) >= 11 is 0. The number of carbonyl (C=O) groups is 1. The molecule has 92 valence electrons. The Balaban J connectivity index is 2.62. The van der Waals surface area contributed by atoms with Crippen molar-refractivity contribution < 1.29 is 10.0 Å². The lowest BCUT2D eigenvalue weighted by atomic mass is 10.0. The van der Waals surface area contributed by atoms with Gasteiger partial charge in [-0.3, -0.25) is 4.79 Å². The van der Waals surface area contributed by atoms with E-state index in [4.69, 9.17) is 10.9 Å². The number of hydrogen-bond donors (Lipinski definition) is 3. The highest BCUT2D eigenvalue weighted by Gasteiger charge is 2.09. The largest absolute Gasteiger partial charge is 0.409 e. The first kappa shape index (κ1) is 13.0. The van der Waals surface area contributed by atoms with Crippen LogP contribution in [0.1, 0.15) is 27.9 Å². The molecule has 5 heteroatoms. The second kappa shape index (κ2) is 5.89. The lowest BCUT2D eigenvalue weighted by Gasteiger charge is -2.09. The minimum Gasteiger partial charge on any atom is -0.409 e. The van der Waals surface area contributed by atoms with Gasteiger partial charge in [-0.15, -0.1) is 0 Å². The maximum absolute atomic E-state index is 11.8. The predicted molar refractivity (Wildman–Crippen MR) is 66.3 cm³/mol. The molecule has 17 heavy (non-hydrogen) atoms. The highest BCUT2D eigenvalue weighted by atomic mass is 16.4. The molecule has 1 rings (SSSR count). The molecule has 0 unspecified atom stereocenters. The summed E-state index contributed by atoms with van der Waals surface area (Å²) in [4.78, 5) is 11.8. The van der Waals surface area contributed by atoms with Gasteiger partial charge in [-0.1, -0.05) is 17.3 Å². The second-order valence-electron chi connectivity index (χ2n) is 3.84. The monoisotopic (exact) mass is 235 g/mol. The molecule has 0 fully saturated rings. The third kappa shape index (κ3) is 3.48. The Hall–Kier alpha value is -2.04. The number of carbonyl (C=O) groups excluding carboxylic acids is 1. The average Bonchev–Trinajstić information content (AvgIpc) is 2.32. The van der Waals surface area contributed by atoms with E-state index in [1.54, 1.807) is 6.07 Å². The fourth-order valence-corrected chi connectivity index (χ4v) is 1.45. The van der Waals surface area contributed by atoms with Crippen molar-refractivity contribution in [2.75, 3.05) is 6.54 Å². The van der Waals surface area contributed by atoms with Gasteiger partial charge in [-0.2, -0.15) is 0 Å². The van der Waals surface area contributed by atoms with Crippen molar-refractivity contribution in [1.82, 2.24) is 5.32 Å². The van der Waals surface area contributed by atoms with Gasteiger partial charge in [0.25, 0.3) is 5.91 Å². The third-order valence-corrected chi connectivity index (χ3v) is 2.64. The average molecular weight is 235 g/mol. The number of nitrogens with two attached hydrogens (primary N) is 1. The fraction of sp³-hybridized carbons (Fsp3) is 0.333. The van der Waals surface area contributed by atoms with Gasteiger partial charge in [0, 0.05) is 18.5 Å². The first-order valence-electron chi connectivity index (χ1n) is 5.37. The van der Waals surface area contributed by atoms with Gasteiger partial charge in [0.1, 0.15) is 5.84 Å². The lowest BCUT2D eigenvalue weighted by Crippen LogP contribution is -2.28. The molecule has 0 saturated carbocycles. The first-order chi connectivity index (χ1) is 8.06. The van der Waals surface area contributed by atoms with Gasteiger partial charge in [-0.05, 0) is 31.0 Å². The van der Waals surface area contributed by atoms with E-state index in [1.165, 1.54) is 0 Å². The zero-order valence-corrected chi connectivity index (χ0v) is 10.0. The maximum atomic E-state index is 11.8. The molecule has 0 saturated heterocycles. The lowest BCUT2D eigenvalue weighted by molar-refractivity contribution is 0.0954. The van der Waals surface area contributed by atoms with Crippen LogP contribution in [0, 0.1) is 13.8 Å². The zero-order chi connectivity index (χ0) is 12.8. The number of benzene rings is 1. The Bertz CT molecular complexity index is 441. The molecular weight excluding hydrogens is 218 g/mol. The molecule has 0 bridgehead atoms. The van der Waals surface area contributed by atoms with Crippen LogP contribution in [-0.2, 0) is 0 Å². The molecule has 1 amide bonds. The topological polar surface area (TPSA) is 87.7 Å². The van der Waals surface area contributed by atoms with Crippen LogP contribution in [0.15, 0.2) is 23.4 Å². The van der Waals surface area contributed by atoms with E-state index < -0.39 is 0 Å². The smallest absolute Gasteiger partial charge is 0.251 e. The number of aryl methyl sites for hydroxylation is 1. The number of amides is 1. The molecule has 0 heterocycles. The molecule has 5 nitrogen and oxygen atoms in total. The van der Waals surface area contributed by atoms with Gasteiger partial charge in [-0.25, -0.2) is 0 Å². The van der Waals surface area contributed by atoms with E-state index >= 15 is 0 Å². The van der Waals surface area contributed by atoms with Crippen LogP contribution in [0.3, 0.4) is 0 Å². The summed E-state index contributed by atoms with van der Waals surface area (Å²) in [5.41, 5.74) is 8.00. The Morgan fingerprint density at radius 2 is 2.18 bits per heavy atom. The standard InChI is InChI=1S/C12H17N3O2/c1-8-4-3-5-10(9(8)2)12(16)14-7-6-11(13)15-17/h3-5,17H,6-7H2,1-2H3,(H2,13,15)(H,14,16). The molecular formula is C12H17N3O2. The van der Waals surface area contributed by atoms with Crippen LogP contribution in [0.5, 0.6) is 0 Å². The van der Waals surface area contributed by atoms with Gasteiger partial charge in [0.15, 0.2) is 0 Å². The summed E-state index contributed by atoms with van der Waals surface area (Å²) in [6, 6.07) is 5.59. The predicted octanol–water partition coefficient (Wildman–Crippen LogP) is 1.17. The molecule has 1 aromatic carbocycles. The quantitative estimate of drug-likeness (QED) is 0.317. The number of rotatable bonds is 4. The van der Waals surface area contributed by atoms with Gasteiger partial charge >= 0.3 is 0 Å². The second-order valence-corrected chi connectivity index (χ2v) is 3.84. The van der Waals surface area contributed by atoms with Crippen LogP contribution >= 0.6 is 0 Å². The van der Waals surface area contributed by atoms with E-state index in [0.29, 0.717) is 18.5 Å². The summed E-state index contributed by atoms with van der Waals surface area (Å²) in [5, 5.41) is 13.9. The zero-order valence-electron chi connectivity index (χ0n) is 10.0. The number of nitrogens with zero attached hydrogens (tertiary/aromatic N) is 1. The third-order valence-electron chi connectivity index (χ3n) is 2.64. The van der Waals surface area contributed by atoms with Crippen LogP contribution in [0.2, 0.25) is 0 Å². The van der Waals surface area contributed by atoms with Gasteiger partial charge < -0.3 is 16.3 Å². The number of amidine groups is 1. The molecule has 0 aliphatic rings. The highest BCUT2D eigenvalue weighted by molar-refractivity contribution is 5.96. The molecule has 0 aliphatic heterocycles. The summed E-state index contributed by atoms with van der Waals surface area (Å²) < 4.78 is 0. The molecule has 0 atom stereocenters. The van der Waals surface area contributed by atoms with Crippen LogP contribution < -0.4 is 11.1 Å². The summed E-state index contributed by atoms with van der Waals surface area (Å²) in [5.74, 6) is -0.0387. The molecule has 0 radical (unpaired) electrons. The molecule has 0 spiro atoms. The minimum absolute atomic E-state index is 0.103. The van der Waals surface area contributed by atoms with Gasteiger partial charge in [0.05, 0.1) is 0 Å². The number of nitrogens with one attached hydrogen (secondary N) is 1. The molecule has 4 N–H and O–H groups in total. The fourth-order valence-electron chi connectivity index (χ4n) is 1.45. The van der Waals surface area contributed by atoms with Crippen molar-refractivity contribution in [2.24, 2.45) is 10.9 Å². The van der Waals surface area contributed by atoms with Crippen molar-refractivity contribution in [3.05, 3.63) is 34.9 Å². The molecule has 1 aromatic rings. The molecule has 0 aliphatic carbocycles. The highest BCUT2D eigenvalue weighted by Crippen LogP contribution is 2.12. The van der Waals surface area contributed by atoms with E-state index in [0.717, 1.165) is 11.1 Å². The summed E-state index contributed by atoms with van der Waals surface area (Å²) in [6.07, 6.45) is 0.326.